The molecule has 0 aliphatic carbocycles. The molecule has 0 saturated heterocycles. The standard InChI is InChI=1S/C18H26N4O2S.HI/c1-5-19-18(22(4)11-15-12-25-13(3)21-15)20-10-14-7-8-16(23)17(9-14)24-6-2;/h7-9,12,23H,5-6,10-11H2,1-4H3,(H,19,20);1H. The molecular weight excluding hydrogens is 463 g/mol. The number of aromatic nitrogens is 1. The van der Waals surface area contributed by atoms with Crippen molar-refractivity contribution in [2.24, 2.45) is 4.99 Å². The molecule has 0 radical (unpaired) electrons. The van der Waals surface area contributed by atoms with Gasteiger partial charge in [0.1, 0.15) is 0 Å². The van der Waals surface area contributed by atoms with Crippen LogP contribution in [0.25, 0.3) is 0 Å². The van der Waals surface area contributed by atoms with Crippen LogP contribution in [0.5, 0.6) is 11.5 Å². The van der Waals surface area contributed by atoms with Crippen molar-refractivity contribution in [1.29, 1.82) is 0 Å². The molecule has 0 fully saturated rings. The van der Waals surface area contributed by atoms with E-state index < -0.39 is 0 Å². The Balaban J connectivity index is 0.00000338. The summed E-state index contributed by atoms with van der Waals surface area (Å²) in [7, 11) is 2.00. The zero-order valence-electron chi connectivity index (χ0n) is 15.7. The lowest BCUT2D eigenvalue weighted by Gasteiger charge is -2.21. The third-order valence-electron chi connectivity index (χ3n) is 3.50. The molecule has 8 heteroatoms. The summed E-state index contributed by atoms with van der Waals surface area (Å²) in [5.74, 6) is 1.46. The first kappa shape index (κ1) is 22.5. The highest BCUT2D eigenvalue weighted by atomic mass is 127. The zero-order chi connectivity index (χ0) is 18.2. The van der Waals surface area contributed by atoms with Crippen LogP contribution in [0.2, 0.25) is 0 Å². The minimum atomic E-state index is 0. The van der Waals surface area contributed by atoms with Gasteiger partial charge in [0.25, 0.3) is 0 Å². The Morgan fingerprint density at radius 3 is 2.77 bits per heavy atom. The van der Waals surface area contributed by atoms with Crippen LogP contribution in [-0.4, -0.2) is 41.1 Å². The van der Waals surface area contributed by atoms with Gasteiger partial charge in [-0.3, -0.25) is 0 Å². The fourth-order valence-corrected chi connectivity index (χ4v) is 2.97. The molecule has 0 saturated carbocycles. The van der Waals surface area contributed by atoms with Gasteiger partial charge in [0.2, 0.25) is 0 Å². The third kappa shape index (κ3) is 6.64. The van der Waals surface area contributed by atoms with Gasteiger partial charge in [-0.2, -0.15) is 0 Å². The summed E-state index contributed by atoms with van der Waals surface area (Å²) < 4.78 is 5.43. The molecule has 26 heavy (non-hydrogen) atoms. The molecule has 6 nitrogen and oxygen atoms in total. The molecule has 144 valence electrons. The molecule has 1 aromatic heterocycles. The molecule has 0 bridgehead atoms. The largest absolute Gasteiger partial charge is 0.504 e. The lowest BCUT2D eigenvalue weighted by atomic mass is 10.2. The maximum absolute atomic E-state index is 9.79. The highest BCUT2D eigenvalue weighted by molar-refractivity contribution is 14.0. The number of halogens is 1. The van der Waals surface area contributed by atoms with Gasteiger partial charge in [-0.05, 0) is 38.5 Å². The SMILES string of the molecule is CCNC(=NCc1ccc(O)c(OCC)c1)N(C)Cc1csc(C)n1.I. The molecule has 2 aromatic rings. The maximum Gasteiger partial charge on any atom is 0.194 e. The quantitative estimate of drug-likeness (QED) is 0.352. The monoisotopic (exact) mass is 490 g/mol. The van der Waals surface area contributed by atoms with E-state index in [2.05, 4.69) is 25.6 Å². The highest BCUT2D eigenvalue weighted by Crippen LogP contribution is 2.27. The van der Waals surface area contributed by atoms with Gasteiger partial charge in [0.05, 0.1) is 30.4 Å². The summed E-state index contributed by atoms with van der Waals surface area (Å²) >= 11 is 1.65. The van der Waals surface area contributed by atoms with Crippen LogP contribution in [0.15, 0.2) is 28.6 Å². The number of guanidine groups is 1. The number of phenols is 1. The second kappa shape index (κ2) is 11.2. The van der Waals surface area contributed by atoms with Crippen molar-refractivity contribution in [3.8, 4) is 11.5 Å². The summed E-state index contributed by atoms with van der Waals surface area (Å²) in [5, 5.41) is 16.2. The van der Waals surface area contributed by atoms with E-state index in [-0.39, 0.29) is 29.7 Å². The van der Waals surface area contributed by atoms with E-state index in [0.29, 0.717) is 25.4 Å². The minimum Gasteiger partial charge on any atom is -0.504 e. The molecule has 2 N–H and O–H groups in total. The van der Waals surface area contributed by atoms with Gasteiger partial charge in [-0.15, -0.1) is 35.3 Å². The second-order valence-electron chi connectivity index (χ2n) is 5.62. The second-order valence-corrected chi connectivity index (χ2v) is 6.68. The Labute approximate surface area is 176 Å². The number of rotatable bonds is 7. The van der Waals surface area contributed by atoms with Crippen LogP contribution in [0.3, 0.4) is 0 Å². The third-order valence-corrected chi connectivity index (χ3v) is 4.32. The number of aromatic hydroxyl groups is 1. The van der Waals surface area contributed by atoms with Crippen LogP contribution in [0.1, 0.15) is 30.1 Å². The minimum absolute atomic E-state index is 0. The van der Waals surface area contributed by atoms with Gasteiger partial charge in [0, 0.05) is 19.0 Å². The van der Waals surface area contributed by atoms with Crippen molar-refractivity contribution in [2.45, 2.75) is 33.9 Å². The molecule has 0 unspecified atom stereocenters. The number of nitrogens with zero attached hydrogens (tertiary/aromatic N) is 3. The summed E-state index contributed by atoms with van der Waals surface area (Å²) in [6.45, 7) is 8.46. The molecule has 0 spiro atoms. The van der Waals surface area contributed by atoms with Gasteiger partial charge in [-0.1, -0.05) is 6.07 Å². The van der Waals surface area contributed by atoms with Crippen LogP contribution in [0, 0.1) is 6.92 Å². The Morgan fingerprint density at radius 1 is 1.38 bits per heavy atom. The summed E-state index contributed by atoms with van der Waals surface area (Å²) in [4.78, 5) is 11.2. The molecule has 0 atom stereocenters. The Morgan fingerprint density at radius 2 is 2.15 bits per heavy atom. The molecule has 0 aliphatic heterocycles. The van der Waals surface area contributed by atoms with Crippen molar-refractivity contribution >= 4 is 41.3 Å². The number of ether oxygens (including phenoxy) is 1. The van der Waals surface area contributed by atoms with E-state index in [1.165, 1.54) is 0 Å². The van der Waals surface area contributed by atoms with Gasteiger partial charge in [0.15, 0.2) is 17.5 Å². The predicted molar refractivity (Wildman–Crippen MR) is 118 cm³/mol. The van der Waals surface area contributed by atoms with E-state index in [0.717, 1.165) is 28.8 Å². The number of hydrogen-bond donors (Lipinski definition) is 2. The molecule has 1 heterocycles. The number of aliphatic imine (C=N–C) groups is 1. The number of nitrogens with one attached hydrogen (secondary N) is 1. The van der Waals surface area contributed by atoms with Gasteiger partial charge >= 0.3 is 0 Å². The van der Waals surface area contributed by atoms with Gasteiger partial charge in [-0.25, -0.2) is 9.98 Å². The van der Waals surface area contributed by atoms with Crippen molar-refractivity contribution in [3.63, 3.8) is 0 Å². The highest BCUT2D eigenvalue weighted by Gasteiger charge is 2.09. The smallest absolute Gasteiger partial charge is 0.194 e. The topological polar surface area (TPSA) is 70.0 Å². The van der Waals surface area contributed by atoms with Crippen LogP contribution >= 0.6 is 35.3 Å². The Bertz CT molecular complexity index is 721. The average Bonchev–Trinajstić information content (AvgIpc) is 2.99. The Kier molecular flexibility index (Phi) is 9.71. The van der Waals surface area contributed by atoms with Crippen LogP contribution < -0.4 is 10.1 Å². The van der Waals surface area contributed by atoms with E-state index >= 15 is 0 Å². The molecular formula is C18H27IN4O2S. The molecule has 0 aliphatic rings. The van der Waals surface area contributed by atoms with Crippen molar-refractivity contribution < 1.29 is 9.84 Å². The molecule has 2 rings (SSSR count). The first-order valence-corrected chi connectivity index (χ1v) is 9.26. The van der Waals surface area contributed by atoms with E-state index in [1.807, 2.05) is 40.0 Å². The summed E-state index contributed by atoms with van der Waals surface area (Å²) in [6.07, 6.45) is 0. The first-order chi connectivity index (χ1) is 12.0. The number of aryl methyl sites for hydroxylation is 1. The molecule has 1 aromatic carbocycles. The average molecular weight is 490 g/mol. The van der Waals surface area contributed by atoms with E-state index in [4.69, 9.17) is 4.74 Å². The lowest BCUT2D eigenvalue weighted by Crippen LogP contribution is -2.38. The predicted octanol–water partition coefficient (Wildman–Crippen LogP) is 3.77. The van der Waals surface area contributed by atoms with E-state index in [9.17, 15) is 5.11 Å². The van der Waals surface area contributed by atoms with Gasteiger partial charge < -0.3 is 20.1 Å². The van der Waals surface area contributed by atoms with Crippen molar-refractivity contribution in [1.82, 2.24) is 15.2 Å². The number of hydrogen-bond acceptors (Lipinski definition) is 5. The van der Waals surface area contributed by atoms with Crippen LogP contribution in [0.4, 0.5) is 0 Å². The van der Waals surface area contributed by atoms with E-state index in [1.54, 1.807) is 17.4 Å². The van der Waals surface area contributed by atoms with Crippen LogP contribution in [-0.2, 0) is 13.1 Å². The lowest BCUT2D eigenvalue weighted by molar-refractivity contribution is 0.318. The summed E-state index contributed by atoms with van der Waals surface area (Å²) in [6, 6.07) is 5.33. The fraction of sp³-hybridized carbons (Fsp3) is 0.444. The normalized spacial score (nSPS) is 11.0. The number of benzene rings is 1. The first-order valence-electron chi connectivity index (χ1n) is 8.38. The number of phenolic OH excluding ortho intramolecular Hbond substituents is 1. The fourth-order valence-electron chi connectivity index (χ4n) is 2.36. The van der Waals surface area contributed by atoms with Crippen molar-refractivity contribution in [3.05, 3.63) is 39.8 Å². The summed E-state index contributed by atoms with van der Waals surface area (Å²) in [5.41, 5.74) is 2.02. The number of thiazole rings is 1. The Hall–Kier alpha value is -1.55. The molecule has 0 amide bonds. The maximum atomic E-state index is 9.79. The van der Waals surface area contributed by atoms with Crippen molar-refractivity contribution in [2.75, 3.05) is 20.2 Å². The zero-order valence-corrected chi connectivity index (χ0v) is 18.8.